The molecule has 1 aliphatic rings. The van der Waals surface area contributed by atoms with Crippen LogP contribution in [-0.2, 0) is 6.54 Å². The highest BCUT2D eigenvalue weighted by atomic mass is 16.4. The number of pyridine rings is 1. The number of imidazole rings is 1. The molecule has 0 saturated heterocycles. The molecule has 0 radical (unpaired) electrons. The minimum Gasteiger partial charge on any atom is -0.478 e. The normalized spacial score (nSPS) is 12.9. The minimum atomic E-state index is -0.958. The number of amides is 1. The third kappa shape index (κ3) is 3.89. The van der Waals surface area contributed by atoms with Crippen molar-refractivity contribution in [3.8, 4) is 22.6 Å². The quantitative estimate of drug-likeness (QED) is 0.409. The number of carbonyl (C=O) groups excluding carboxylic acids is 1. The fourth-order valence-corrected chi connectivity index (χ4v) is 4.54. The fourth-order valence-electron chi connectivity index (χ4n) is 4.54. The van der Waals surface area contributed by atoms with E-state index in [1.165, 1.54) is 0 Å². The van der Waals surface area contributed by atoms with Crippen LogP contribution in [0.15, 0.2) is 60.9 Å². The van der Waals surface area contributed by atoms with Gasteiger partial charge >= 0.3 is 5.97 Å². The lowest BCUT2D eigenvalue weighted by atomic mass is 9.94. The van der Waals surface area contributed by atoms with Crippen molar-refractivity contribution in [1.29, 1.82) is 0 Å². The molecule has 3 heterocycles. The summed E-state index contributed by atoms with van der Waals surface area (Å²) in [6.45, 7) is 8.30. The number of nitrogens with zero attached hydrogens (tertiary/aromatic N) is 4. The predicted octanol–water partition coefficient (Wildman–Crippen LogP) is 5.67. The summed E-state index contributed by atoms with van der Waals surface area (Å²) in [6, 6.07) is 15.2. The van der Waals surface area contributed by atoms with E-state index in [1.54, 1.807) is 24.1 Å². The average Bonchev–Trinajstić information content (AvgIpc) is 3.46. The molecule has 5 rings (SSSR count). The first kappa shape index (κ1) is 22.5. The number of benzene rings is 2. The summed E-state index contributed by atoms with van der Waals surface area (Å²) in [4.78, 5) is 36.0. The Hall–Kier alpha value is -4.26. The molecule has 35 heavy (non-hydrogen) atoms. The van der Waals surface area contributed by atoms with E-state index in [9.17, 15) is 14.7 Å². The molecule has 0 atom stereocenters. The van der Waals surface area contributed by atoms with Crippen molar-refractivity contribution >= 4 is 17.7 Å². The van der Waals surface area contributed by atoms with E-state index < -0.39 is 5.97 Å². The number of aryl methyl sites for hydroxylation is 1. The summed E-state index contributed by atoms with van der Waals surface area (Å²) >= 11 is 0. The Balaban J connectivity index is 1.49. The van der Waals surface area contributed by atoms with Gasteiger partial charge in [-0.3, -0.25) is 9.69 Å². The minimum absolute atomic E-state index is 0.124. The Bertz CT molecular complexity index is 1490. The number of carboxylic acids is 1. The number of aromatic nitrogens is 3. The molecular formula is C28H26N4O3. The summed E-state index contributed by atoms with van der Waals surface area (Å²) in [5, 5.41) is 9.58. The van der Waals surface area contributed by atoms with Crippen LogP contribution < -0.4 is 4.90 Å². The van der Waals surface area contributed by atoms with Gasteiger partial charge in [-0.05, 0) is 79.8 Å². The van der Waals surface area contributed by atoms with Gasteiger partial charge < -0.3 is 9.67 Å². The molecule has 0 spiro atoms. The van der Waals surface area contributed by atoms with Gasteiger partial charge in [0.15, 0.2) is 5.82 Å². The van der Waals surface area contributed by atoms with Crippen molar-refractivity contribution in [2.45, 2.75) is 40.3 Å². The second kappa shape index (κ2) is 8.51. The molecule has 1 aliphatic heterocycles. The zero-order valence-corrected chi connectivity index (χ0v) is 20.1. The van der Waals surface area contributed by atoms with Gasteiger partial charge in [0.1, 0.15) is 11.5 Å². The summed E-state index contributed by atoms with van der Waals surface area (Å²) in [5.74, 6) is 0.251. The van der Waals surface area contributed by atoms with Gasteiger partial charge in [-0.15, -0.1) is 0 Å². The van der Waals surface area contributed by atoms with E-state index in [2.05, 4.69) is 18.8 Å². The molecule has 0 fully saturated rings. The lowest BCUT2D eigenvalue weighted by molar-refractivity contribution is 0.0695. The van der Waals surface area contributed by atoms with Crippen molar-refractivity contribution < 1.29 is 14.7 Å². The number of carbonyl (C=O) groups is 2. The highest BCUT2D eigenvalue weighted by molar-refractivity contribution is 6.10. The Kier molecular flexibility index (Phi) is 5.47. The molecule has 7 heteroatoms. The molecule has 0 saturated carbocycles. The molecule has 0 unspecified atom stereocenters. The van der Waals surface area contributed by atoms with Crippen LogP contribution in [0.3, 0.4) is 0 Å². The first-order valence-corrected chi connectivity index (χ1v) is 11.5. The average molecular weight is 467 g/mol. The first-order valence-electron chi connectivity index (χ1n) is 11.5. The van der Waals surface area contributed by atoms with Gasteiger partial charge in [-0.2, -0.15) is 0 Å². The molecular weight excluding hydrogens is 440 g/mol. The summed E-state index contributed by atoms with van der Waals surface area (Å²) in [7, 11) is 0. The van der Waals surface area contributed by atoms with Gasteiger partial charge in [0.25, 0.3) is 5.91 Å². The molecule has 1 amide bonds. The van der Waals surface area contributed by atoms with Crippen LogP contribution in [0, 0.1) is 13.8 Å². The number of fused-ring (bicyclic) bond motifs is 1. The second-order valence-corrected chi connectivity index (χ2v) is 9.17. The Morgan fingerprint density at radius 3 is 2.60 bits per heavy atom. The van der Waals surface area contributed by atoms with Gasteiger partial charge in [0.2, 0.25) is 0 Å². The maximum atomic E-state index is 13.4. The Morgan fingerprint density at radius 2 is 1.86 bits per heavy atom. The fraction of sp³-hybridized carbons (Fsp3) is 0.214. The van der Waals surface area contributed by atoms with Gasteiger partial charge in [0.05, 0.1) is 12.1 Å². The first-order chi connectivity index (χ1) is 16.7. The number of aromatic carboxylic acids is 1. The van der Waals surface area contributed by atoms with Crippen LogP contribution in [0.4, 0.5) is 5.82 Å². The monoisotopic (exact) mass is 466 g/mol. The lowest BCUT2D eigenvalue weighted by Crippen LogP contribution is -2.24. The van der Waals surface area contributed by atoms with Crippen LogP contribution >= 0.6 is 0 Å². The maximum absolute atomic E-state index is 13.4. The highest BCUT2D eigenvalue weighted by Gasteiger charge is 2.30. The molecule has 2 aromatic heterocycles. The van der Waals surface area contributed by atoms with Gasteiger partial charge in [0, 0.05) is 24.0 Å². The molecule has 0 bridgehead atoms. The number of hydrogen-bond acceptors (Lipinski definition) is 4. The SMILES string of the molecule is Cc1cc(-c2ccc3c(c2)C(=O)N(c2cccc(-c4nccn4C(C)C)n2)C3)cc(C(=O)O)c1C. The third-order valence-electron chi connectivity index (χ3n) is 6.61. The van der Waals surface area contributed by atoms with Crippen molar-refractivity contribution in [3.05, 3.63) is 88.7 Å². The van der Waals surface area contributed by atoms with E-state index in [0.29, 0.717) is 23.6 Å². The van der Waals surface area contributed by atoms with Crippen LogP contribution in [-0.4, -0.2) is 31.5 Å². The molecule has 2 aromatic carbocycles. The smallest absolute Gasteiger partial charge is 0.335 e. The number of rotatable bonds is 5. The lowest BCUT2D eigenvalue weighted by Gasteiger charge is -2.16. The van der Waals surface area contributed by atoms with E-state index in [0.717, 1.165) is 33.6 Å². The van der Waals surface area contributed by atoms with E-state index in [-0.39, 0.29) is 17.5 Å². The number of hydrogen-bond donors (Lipinski definition) is 1. The molecule has 176 valence electrons. The van der Waals surface area contributed by atoms with E-state index in [1.807, 2.05) is 60.2 Å². The van der Waals surface area contributed by atoms with Crippen molar-refractivity contribution in [2.24, 2.45) is 0 Å². The topological polar surface area (TPSA) is 88.3 Å². The van der Waals surface area contributed by atoms with Crippen LogP contribution in [0.1, 0.15) is 57.3 Å². The number of carboxylic acid groups (broad SMARTS) is 1. The second-order valence-electron chi connectivity index (χ2n) is 9.17. The van der Waals surface area contributed by atoms with Gasteiger partial charge in [-0.25, -0.2) is 14.8 Å². The van der Waals surface area contributed by atoms with Crippen LogP contribution in [0.25, 0.3) is 22.6 Å². The Labute approximate surface area is 203 Å². The largest absolute Gasteiger partial charge is 0.478 e. The number of anilines is 1. The summed E-state index contributed by atoms with van der Waals surface area (Å²) in [6.07, 6.45) is 3.68. The summed E-state index contributed by atoms with van der Waals surface area (Å²) < 4.78 is 2.05. The van der Waals surface area contributed by atoms with Crippen molar-refractivity contribution in [2.75, 3.05) is 4.90 Å². The molecule has 7 nitrogen and oxygen atoms in total. The van der Waals surface area contributed by atoms with Gasteiger partial charge in [-0.1, -0.05) is 24.3 Å². The zero-order chi connectivity index (χ0) is 24.9. The van der Waals surface area contributed by atoms with Crippen LogP contribution in [0.2, 0.25) is 0 Å². The molecule has 4 aromatic rings. The zero-order valence-electron chi connectivity index (χ0n) is 20.1. The highest BCUT2D eigenvalue weighted by Crippen LogP contribution is 2.33. The van der Waals surface area contributed by atoms with Crippen LogP contribution in [0.5, 0.6) is 0 Å². The van der Waals surface area contributed by atoms with E-state index >= 15 is 0 Å². The molecule has 1 N–H and O–H groups in total. The third-order valence-corrected chi connectivity index (χ3v) is 6.61. The Morgan fingerprint density at radius 1 is 1.06 bits per heavy atom. The van der Waals surface area contributed by atoms with Crippen molar-refractivity contribution in [3.63, 3.8) is 0 Å². The maximum Gasteiger partial charge on any atom is 0.335 e. The van der Waals surface area contributed by atoms with Crippen molar-refractivity contribution in [1.82, 2.24) is 14.5 Å². The summed E-state index contributed by atoms with van der Waals surface area (Å²) in [5.41, 5.74) is 5.73. The van der Waals surface area contributed by atoms with E-state index in [4.69, 9.17) is 4.98 Å². The predicted molar refractivity (Wildman–Crippen MR) is 135 cm³/mol. The standard InChI is InChI=1S/C28H26N4O3/c1-16(2)31-11-10-29-26(31)24-6-5-7-25(30-24)32-15-20-9-8-19(13-23(20)27(32)33)21-12-17(3)18(4)22(14-21)28(34)35/h5-14,16H,15H2,1-4H3,(H,34,35). The molecule has 0 aliphatic carbocycles.